The van der Waals surface area contributed by atoms with Crippen molar-refractivity contribution in [3.05, 3.63) is 35.1 Å². The summed E-state index contributed by atoms with van der Waals surface area (Å²) in [7, 11) is -3.57. The van der Waals surface area contributed by atoms with E-state index in [4.69, 9.17) is 9.47 Å². The number of aromatic nitrogens is 1. The normalized spacial score (nSPS) is 11.9. The lowest BCUT2D eigenvalue weighted by Crippen LogP contribution is -2.27. The minimum atomic E-state index is -3.57. The molecule has 0 saturated heterocycles. The standard InChI is InChI=1S/C16H19FN2O6S2/c1-16(2,3)25-14(20)19-13-6-5-11(7-12(13)17)24-15-18-10(9-26-15)8-23-27(4,21)22/h5-7,9H,8H2,1-4H3,(H,19,20). The van der Waals surface area contributed by atoms with Crippen LogP contribution >= 0.6 is 11.3 Å². The van der Waals surface area contributed by atoms with E-state index in [1.54, 1.807) is 26.2 Å². The number of nitrogens with one attached hydrogen (secondary N) is 1. The second-order valence-corrected chi connectivity index (χ2v) is 8.91. The van der Waals surface area contributed by atoms with Gasteiger partial charge >= 0.3 is 6.09 Å². The summed E-state index contributed by atoms with van der Waals surface area (Å²) in [6, 6.07) is 3.86. The van der Waals surface area contributed by atoms with Gasteiger partial charge in [0.25, 0.3) is 15.3 Å². The molecule has 1 N–H and O–H groups in total. The third-order valence-corrected chi connectivity index (χ3v) is 4.05. The monoisotopic (exact) mass is 418 g/mol. The van der Waals surface area contributed by atoms with E-state index >= 15 is 0 Å². The molecule has 11 heteroatoms. The molecule has 1 heterocycles. The molecule has 2 aromatic rings. The molecule has 8 nitrogen and oxygen atoms in total. The van der Waals surface area contributed by atoms with Gasteiger partial charge in [-0.05, 0) is 32.9 Å². The van der Waals surface area contributed by atoms with Crippen LogP contribution in [-0.4, -0.2) is 31.4 Å². The number of hydrogen-bond acceptors (Lipinski definition) is 8. The molecule has 148 valence electrons. The lowest BCUT2D eigenvalue weighted by molar-refractivity contribution is 0.0635. The minimum Gasteiger partial charge on any atom is -0.444 e. The van der Waals surface area contributed by atoms with Gasteiger partial charge in [0.15, 0.2) is 5.82 Å². The summed E-state index contributed by atoms with van der Waals surface area (Å²) < 4.78 is 51.2. The van der Waals surface area contributed by atoms with Crippen molar-refractivity contribution in [3.8, 4) is 10.9 Å². The average molecular weight is 418 g/mol. The number of carbonyl (C=O) groups is 1. The van der Waals surface area contributed by atoms with E-state index in [1.807, 2.05) is 0 Å². The van der Waals surface area contributed by atoms with E-state index in [9.17, 15) is 17.6 Å². The molecule has 0 aliphatic rings. The predicted octanol–water partition coefficient (Wildman–Crippen LogP) is 3.90. The zero-order valence-electron chi connectivity index (χ0n) is 15.1. The Balaban J connectivity index is 1.99. The van der Waals surface area contributed by atoms with Crippen LogP contribution in [0.3, 0.4) is 0 Å². The number of carbonyl (C=O) groups excluding carboxylic acids is 1. The fraction of sp³-hybridized carbons (Fsp3) is 0.375. The maximum Gasteiger partial charge on any atom is 0.412 e. The molecule has 0 unspecified atom stereocenters. The van der Waals surface area contributed by atoms with Gasteiger partial charge in [-0.1, -0.05) is 11.3 Å². The van der Waals surface area contributed by atoms with Crippen molar-refractivity contribution in [2.75, 3.05) is 11.6 Å². The summed E-state index contributed by atoms with van der Waals surface area (Å²) in [5, 5.41) is 4.07. The molecule has 0 bridgehead atoms. The first-order valence-electron chi connectivity index (χ1n) is 7.67. The quantitative estimate of drug-likeness (QED) is 0.710. The van der Waals surface area contributed by atoms with Crippen molar-refractivity contribution in [1.82, 2.24) is 4.98 Å². The molecule has 27 heavy (non-hydrogen) atoms. The summed E-state index contributed by atoms with van der Waals surface area (Å²) in [5.41, 5.74) is -0.394. The van der Waals surface area contributed by atoms with Crippen LogP contribution in [0.5, 0.6) is 10.9 Å². The van der Waals surface area contributed by atoms with Gasteiger partial charge in [-0.25, -0.2) is 14.2 Å². The summed E-state index contributed by atoms with van der Waals surface area (Å²) in [5.74, 6) is -0.553. The van der Waals surface area contributed by atoms with E-state index in [1.165, 1.54) is 12.1 Å². The van der Waals surface area contributed by atoms with Crippen LogP contribution in [0.25, 0.3) is 0 Å². The SMILES string of the molecule is CC(C)(C)OC(=O)Nc1ccc(Oc2nc(COS(C)(=O)=O)cs2)cc1F. The topological polar surface area (TPSA) is 104 Å². The maximum atomic E-state index is 14.1. The molecule has 1 aromatic carbocycles. The fourth-order valence-electron chi connectivity index (χ4n) is 1.74. The highest BCUT2D eigenvalue weighted by atomic mass is 32.2. The number of benzene rings is 1. The maximum absolute atomic E-state index is 14.1. The summed E-state index contributed by atoms with van der Waals surface area (Å²) in [6.45, 7) is 4.88. The number of amides is 1. The van der Waals surface area contributed by atoms with E-state index < -0.39 is 27.6 Å². The van der Waals surface area contributed by atoms with Crippen LogP contribution in [0.2, 0.25) is 0 Å². The van der Waals surface area contributed by atoms with Crippen molar-refractivity contribution < 1.29 is 31.3 Å². The smallest absolute Gasteiger partial charge is 0.412 e. The Kier molecular flexibility index (Phi) is 6.39. The van der Waals surface area contributed by atoms with Crippen molar-refractivity contribution >= 4 is 33.2 Å². The van der Waals surface area contributed by atoms with E-state index in [2.05, 4.69) is 14.5 Å². The molecule has 0 fully saturated rings. The summed E-state index contributed by atoms with van der Waals surface area (Å²) in [6.07, 6.45) is 0.164. The summed E-state index contributed by atoms with van der Waals surface area (Å²) >= 11 is 1.10. The van der Waals surface area contributed by atoms with Crippen LogP contribution in [0.15, 0.2) is 23.6 Å². The predicted molar refractivity (Wildman–Crippen MR) is 98.1 cm³/mol. The van der Waals surface area contributed by atoms with Gasteiger partial charge < -0.3 is 9.47 Å². The number of thiazole rings is 1. The molecule has 0 aliphatic heterocycles. The van der Waals surface area contributed by atoms with Crippen LogP contribution in [0.4, 0.5) is 14.9 Å². The van der Waals surface area contributed by atoms with Gasteiger partial charge in [-0.15, -0.1) is 0 Å². The number of anilines is 1. The van der Waals surface area contributed by atoms with Gasteiger partial charge in [0.2, 0.25) is 0 Å². The van der Waals surface area contributed by atoms with Gasteiger partial charge in [0.1, 0.15) is 18.0 Å². The zero-order valence-corrected chi connectivity index (χ0v) is 16.7. The van der Waals surface area contributed by atoms with Crippen LogP contribution in [0.1, 0.15) is 26.5 Å². The largest absolute Gasteiger partial charge is 0.444 e. The molecular weight excluding hydrogens is 399 g/mol. The molecule has 0 saturated carbocycles. The summed E-state index contributed by atoms with van der Waals surface area (Å²) in [4.78, 5) is 15.7. The minimum absolute atomic E-state index is 0.0574. The van der Waals surface area contributed by atoms with Crippen molar-refractivity contribution in [1.29, 1.82) is 0 Å². The number of hydrogen-bond donors (Lipinski definition) is 1. The highest BCUT2D eigenvalue weighted by molar-refractivity contribution is 7.85. The Morgan fingerprint density at radius 3 is 2.63 bits per heavy atom. The lowest BCUT2D eigenvalue weighted by atomic mass is 10.2. The second kappa shape index (κ2) is 8.19. The fourth-order valence-corrected chi connectivity index (χ4v) is 2.75. The first-order chi connectivity index (χ1) is 12.4. The molecule has 0 atom stereocenters. The molecule has 2 rings (SSSR count). The van der Waals surface area contributed by atoms with Crippen LogP contribution in [-0.2, 0) is 25.6 Å². The second-order valence-electron chi connectivity index (χ2n) is 6.44. The van der Waals surface area contributed by atoms with Gasteiger partial charge in [0.05, 0.1) is 17.6 Å². The number of nitrogens with zero attached hydrogens (tertiary/aromatic N) is 1. The number of ether oxygens (including phenoxy) is 2. The number of halogens is 1. The number of rotatable bonds is 6. The van der Waals surface area contributed by atoms with E-state index in [0.29, 0.717) is 5.69 Å². The van der Waals surface area contributed by atoms with Gasteiger partial charge in [-0.2, -0.15) is 8.42 Å². The Bertz CT molecular complexity index is 921. The van der Waals surface area contributed by atoms with Crippen molar-refractivity contribution in [3.63, 3.8) is 0 Å². The van der Waals surface area contributed by atoms with E-state index in [-0.39, 0.29) is 23.2 Å². The molecule has 0 radical (unpaired) electrons. The first-order valence-corrected chi connectivity index (χ1v) is 10.4. The highest BCUT2D eigenvalue weighted by Gasteiger charge is 2.18. The zero-order chi connectivity index (χ0) is 20.2. The van der Waals surface area contributed by atoms with Crippen molar-refractivity contribution in [2.24, 2.45) is 0 Å². The lowest BCUT2D eigenvalue weighted by Gasteiger charge is -2.19. The Morgan fingerprint density at radius 2 is 2.04 bits per heavy atom. The van der Waals surface area contributed by atoms with Crippen LogP contribution < -0.4 is 10.1 Å². The Labute approximate surface area is 160 Å². The third kappa shape index (κ3) is 7.49. The third-order valence-electron chi connectivity index (χ3n) is 2.73. The van der Waals surface area contributed by atoms with Gasteiger partial charge in [0, 0.05) is 11.4 Å². The van der Waals surface area contributed by atoms with Crippen molar-refractivity contribution in [2.45, 2.75) is 33.0 Å². The highest BCUT2D eigenvalue weighted by Crippen LogP contribution is 2.28. The Morgan fingerprint density at radius 1 is 1.33 bits per heavy atom. The van der Waals surface area contributed by atoms with E-state index in [0.717, 1.165) is 23.7 Å². The Hall–Kier alpha value is -2.24. The van der Waals surface area contributed by atoms with Crippen LogP contribution in [0, 0.1) is 5.82 Å². The molecular formula is C16H19FN2O6S2. The molecule has 1 amide bonds. The first kappa shape index (κ1) is 21.1. The molecule has 0 spiro atoms. The average Bonchev–Trinajstić information content (AvgIpc) is 2.93. The van der Waals surface area contributed by atoms with Gasteiger partial charge in [-0.3, -0.25) is 9.50 Å². The molecule has 0 aliphatic carbocycles. The molecule has 1 aromatic heterocycles.